The Hall–Kier alpha value is -3.58. The number of likely N-dealkylation sites (tertiary alicyclic amines) is 1. The number of amides is 2. The maximum absolute atomic E-state index is 11.6. The summed E-state index contributed by atoms with van der Waals surface area (Å²) in [5, 5.41) is 2.19. The lowest BCUT2D eigenvalue weighted by Gasteiger charge is -2.32. The predicted octanol–water partition coefficient (Wildman–Crippen LogP) is 3.66. The quantitative estimate of drug-likeness (QED) is 0.349. The van der Waals surface area contributed by atoms with Gasteiger partial charge in [-0.05, 0) is 98.8 Å². The van der Waals surface area contributed by atoms with E-state index in [0.717, 1.165) is 67.1 Å². The number of benzene rings is 2. The van der Waals surface area contributed by atoms with Crippen molar-refractivity contribution in [1.82, 2.24) is 14.9 Å². The summed E-state index contributed by atoms with van der Waals surface area (Å²) < 4.78 is 0. The summed E-state index contributed by atoms with van der Waals surface area (Å²) in [5.74, 6) is -0.299. The molecule has 7 nitrogen and oxygen atoms in total. The lowest BCUT2D eigenvalue weighted by atomic mass is 9.88. The van der Waals surface area contributed by atoms with Crippen LogP contribution in [0.4, 0.5) is 0 Å². The highest BCUT2D eigenvalue weighted by Crippen LogP contribution is 2.33. The summed E-state index contributed by atoms with van der Waals surface area (Å²) >= 11 is 0. The molecule has 0 atom stereocenters. The van der Waals surface area contributed by atoms with Crippen molar-refractivity contribution in [2.24, 2.45) is 11.5 Å². The van der Waals surface area contributed by atoms with Crippen LogP contribution in [-0.2, 0) is 6.42 Å². The number of aromatic nitrogens is 2. The van der Waals surface area contributed by atoms with E-state index in [4.69, 9.17) is 11.5 Å². The second-order valence-corrected chi connectivity index (χ2v) is 9.03. The van der Waals surface area contributed by atoms with Gasteiger partial charge in [-0.15, -0.1) is 0 Å². The van der Waals surface area contributed by atoms with Crippen molar-refractivity contribution in [3.05, 3.63) is 71.0 Å². The minimum Gasteiger partial charge on any atom is -0.366 e. The average Bonchev–Trinajstić information content (AvgIpc) is 3.43. The predicted molar refractivity (Wildman–Crippen MR) is 130 cm³/mol. The zero-order valence-corrected chi connectivity index (χ0v) is 18.6. The van der Waals surface area contributed by atoms with Gasteiger partial charge in [-0.3, -0.25) is 9.59 Å². The largest absolute Gasteiger partial charge is 0.366 e. The molecule has 1 saturated heterocycles. The van der Waals surface area contributed by atoms with E-state index < -0.39 is 5.91 Å². The molecular formula is C26H29N5O2. The highest BCUT2D eigenvalue weighted by atomic mass is 16.1. The van der Waals surface area contributed by atoms with Crippen molar-refractivity contribution in [1.29, 1.82) is 0 Å². The number of primary amides is 2. The van der Waals surface area contributed by atoms with E-state index in [1.165, 1.54) is 11.1 Å². The number of piperidine rings is 1. The topological polar surface area (TPSA) is 121 Å². The number of carbonyl (C=O) groups excluding carboxylic acids is 2. The first kappa shape index (κ1) is 21.3. The molecule has 0 saturated carbocycles. The fourth-order valence-electron chi connectivity index (χ4n) is 5.13. The minimum atomic E-state index is -0.395. The van der Waals surface area contributed by atoms with Gasteiger partial charge in [0.2, 0.25) is 11.8 Å². The Morgan fingerprint density at radius 2 is 1.48 bits per heavy atom. The molecule has 5 rings (SSSR count). The first-order valence-corrected chi connectivity index (χ1v) is 11.5. The lowest BCUT2D eigenvalue weighted by molar-refractivity contribution is 0.0992. The van der Waals surface area contributed by atoms with Crippen molar-refractivity contribution in [3.8, 4) is 0 Å². The minimum absolute atomic E-state index is 0.389. The molecule has 170 valence electrons. The van der Waals surface area contributed by atoms with Crippen molar-refractivity contribution in [2.75, 3.05) is 19.6 Å². The molecule has 0 spiro atoms. The first-order valence-electron chi connectivity index (χ1n) is 11.5. The van der Waals surface area contributed by atoms with Gasteiger partial charge in [0.25, 0.3) is 0 Å². The van der Waals surface area contributed by atoms with Crippen molar-refractivity contribution in [2.45, 2.75) is 31.6 Å². The first-order chi connectivity index (χ1) is 16.0. The van der Waals surface area contributed by atoms with Crippen molar-refractivity contribution in [3.63, 3.8) is 0 Å². The molecule has 33 heavy (non-hydrogen) atoms. The molecule has 1 aliphatic heterocycles. The van der Waals surface area contributed by atoms with Crippen LogP contribution in [0, 0.1) is 0 Å². The van der Waals surface area contributed by atoms with Gasteiger partial charge in [-0.2, -0.15) is 0 Å². The molecule has 2 amide bonds. The van der Waals surface area contributed by atoms with Gasteiger partial charge in [0.1, 0.15) is 0 Å². The van der Waals surface area contributed by atoms with Gasteiger partial charge in [0.05, 0.1) is 0 Å². The van der Waals surface area contributed by atoms with E-state index in [2.05, 4.69) is 21.1 Å². The fourth-order valence-corrected chi connectivity index (χ4v) is 5.13. The third-order valence-corrected chi connectivity index (χ3v) is 7.00. The van der Waals surface area contributed by atoms with Crippen molar-refractivity contribution >= 4 is 33.6 Å². The van der Waals surface area contributed by atoms with Gasteiger partial charge >= 0.3 is 0 Å². The van der Waals surface area contributed by atoms with E-state index in [1.807, 2.05) is 30.5 Å². The van der Waals surface area contributed by atoms with Crippen LogP contribution in [0.1, 0.15) is 57.0 Å². The molecule has 1 aliphatic rings. The smallest absolute Gasteiger partial charge is 0.248 e. The molecule has 2 aromatic heterocycles. The number of hydrogen-bond donors (Lipinski definition) is 4. The standard InChI is InChI=1S/C26H29N5O2/c27-25(32)17-3-5-23-20(12-17)19(14-29-23)2-1-9-31-10-7-16(8-11-31)22-15-30-24-6-4-18(26(28)33)13-21(22)24/h3-6,12-16,29-30H,1-2,7-11H2,(H2,27,32)(H2,28,33). The Morgan fingerprint density at radius 1 is 0.879 bits per heavy atom. The van der Waals surface area contributed by atoms with E-state index in [1.54, 1.807) is 12.1 Å². The molecule has 0 unspecified atom stereocenters. The second kappa shape index (κ2) is 8.75. The fraction of sp³-hybridized carbons (Fsp3) is 0.308. The van der Waals surface area contributed by atoms with Crippen LogP contribution in [0.15, 0.2) is 48.8 Å². The average molecular weight is 444 g/mol. The van der Waals surface area contributed by atoms with Crippen LogP contribution < -0.4 is 11.5 Å². The third kappa shape index (κ3) is 4.24. The summed E-state index contributed by atoms with van der Waals surface area (Å²) in [5.41, 5.74) is 16.6. The Balaban J connectivity index is 1.18. The molecular weight excluding hydrogens is 414 g/mol. The number of H-pyrrole nitrogens is 2. The Morgan fingerprint density at radius 3 is 2.15 bits per heavy atom. The number of nitrogens with one attached hydrogen (secondary N) is 2. The molecule has 2 aromatic carbocycles. The summed E-state index contributed by atoms with van der Waals surface area (Å²) in [6.07, 6.45) is 8.35. The maximum atomic E-state index is 11.6. The zero-order valence-electron chi connectivity index (χ0n) is 18.6. The number of hydrogen-bond acceptors (Lipinski definition) is 3. The van der Waals surface area contributed by atoms with Gasteiger partial charge in [-0.25, -0.2) is 0 Å². The molecule has 4 aromatic rings. The molecule has 0 aliphatic carbocycles. The normalized spacial score (nSPS) is 15.4. The highest BCUT2D eigenvalue weighted by molar-refractivity contribution is 5.98. The summed E-state index contributed by atoms with van der Waals surface area (Å²) in [6, 6.07) is 11.2. The molecule has 0 radical (unpaired) electrons. The number of aryl methyl sites for hydroxylation is 1. The zero-order chi connectivity index (χ0) is 22.9. The number of nitrogens with two attached hydrogens (primary N) is 2. The highest BCUT2D eigenvalue weighted by Gasteiger charge is 2.23. The molecule has 3 heterocycles. The Bertz CT molecular complexity index is 1320. The SMILES string of the molecule is NC(=O)c1ccc2[nH]cc(CCCN3CCC(c4c[nH]c5ccc(C(N)=O)cc45)CC3)c2c1. The second-order valence-electron chi connectivity index (χ2n) is 9.03. The van der Waals surface area contributed by atoms with Crippen LogP contribution in [0.3, 0.4) is 0 Å². The molecule has 1 fully saturated rings. The number of fused-ring (bicyclic) bond motifs is 2. The molecule has 7 heteroatoms. The Kier molecular flexibility index (Phi) is 5.64. The monoisotopic (exact) mass is 443 g/mol. The summed E-state index contributed by atoms with van der Waals surface area (Å²) in [7, 11) is 0. The molecule has 6 N–H and O–H groups in total. The van der Waals surface area contributed by atoms with Crippen LogP contribution in [0.2, 0.25) is 0 Å². The van der Waals surface area contributed by atoms with Gasteiger partial charge < -0.3 is 26.3 Å². The van der Waals surface area contributed by atoms with Crippen LogP contribution in [0.25, 0.3) is 21.8 Å². The number of nitrogens with zero attached hydrogens (tertiary/aromatic N) is 1. The number of rotatable bonds is 7. The third-order valence-electron chi connectivity index (χ3n) is 7.00. The Labute approximate surface area is 192 Å². The van der Waals surface area contributed by atoms with Crippen LogP contribution in [-0.4, -0.2) is 46.3 Å². The van der Waals surface area contributed by atoms with Crippen LogP contribution in [0.5, 0.6) is 0 Å². The summed E-state index contributed by atoms with van der Waals surface area (Å²) in [6.45, 7) is 3.17. The van der Waals surface area contributed by atoms with E-state index in [0.29, 0.717) is 17.0 Å². The van der Waals surface area contributed by atoms with Gasteiger partial charge in [0.15, 0.2) is 0 Å². The van der Waals surface area contributed by atoms with E-state index >= 15 is 0 Å². The number of aromatic amines is 2. The van der Waals surface area contributed by atoms with Crippen molar-refractivity contribution < 1.29 is 9.59 Å². The maximum Gasteiger partial charge on any atom is 0.248 e. The molecule has 0 bridgehead atoms. The van der Waals surface area contributed by atoms with Crippen LogP contribution >= 0.6 is 0 Å². The van der Waals surface area contributed by atoms with E-state index in [-0.39, 0.29) is 5.91 Å². The van der Waals surface area contributed by atoms with Gasteiger partial charge in [-0.1, -0.05) is 0 Å². The number of carbonyl (C=O) groups is 2. The van der Waals surface area contributed by atoms with Gasteiger partial charge in [0, 0.05) is 45.3 Å². The lowest BCUT2D eigenvalue weighted by Crippen LogP contribution is -2.33. The summed E-state index contributed by atoms with van der Waals surface area (Å²) in [4.78, 5) is 32.3. The van der Waals surface area contributed by atoms with E-state index in [9.17, 15) is 9.59 Å².